The summed E-state index contributed by atoms with van der Waals surface area (Å²) in [5, 5.41) is 3.39. The number of carbonyl (C=O) groups excluding carboxylic acids is 1. The quantitative estimate of drug-likeness (QED) is 0.758. The Kier molecular flexibility index (Phi) is 7.76. The summed E-state index contributed by atoms with van der Waals surface area (Å²) in [4.78, 5) is 14.5. The van der Waals surface area contributed by atoms with Crippen molar-refractivity contribution in [2.24, 2.45) is 11.8 Å². The first-order valence-corrected chi connectivity index (χ1v) is 9.27. The molecule has 0 radical (unpaired) electrons. The first-order chi connectivity index (χ1) is 11.1. The van der Waals surface area contributed by atoms with E-state index < -0.39 is 0 Å². The topological polar surface area (TPSA) is 41.6 Å². The number of rotatable bonds is 6. The van der Waals surface area contributed by atoms with Gasteiger partial charge in [0.15, 0.2) is 0 Å². The molecule has 0 aromatic heterocycles. The molecule has 1 aliphatic rings. The fourth-order valence-electron chi connectivity index (χ4n) is 2.77. The predicted octanol–water partition coefficient (Wildman–Crippen LogP) is 3.07. The number of ether oxygens (including phenoxy) is 1. The second-order valence-corrected chi connectivity index (χ2v) is 8.04. The summed E-state index contributed by atoms with van der Waals surface area (Å²) in [6, 6.07) is 0. The number of hydrogen-bond donors (Lipinski definition) is 1. The van der Waals surface area contributed by atoms with Gasteiger partial charge in [-0.1, -0.05) is 19.8 Å². The second kappa shape index (κ2) is 8.87. The molecular weight excluding hydrogens is 300 g/mol. The zero-order valence-corrected chi connectivity index (χ0v) is 16.7. The molecule has 1 atom stereocenters. The summed E-state index contributed by atoms with van der Waals surface area (Å²) in [5.41, 5.74) is -0.624. The van der Waals surface area contributed by atoms with Gasteiger partial charge in [0.1, 0.15) is 0 Å². The van der Waals surface area contributed by atoms with Gasteiger partial charge in [0.25, 0.3) is 0 Å². The standard InChI is InChI=1S/C20H36N2O2/c1-8-24-20(6,7)19(4,5)21-14-18(23)22-13-9-10-17(15-22)12-11-16(2)3/h16-17,21H,8-10,13-15H2,1-7H3. The molecule has 0 bridgehead atoms. The van der Waals surface area contributed by atoms with Crippen LogP contribution in [0.15, 0.2) is 0 Å². The van der Waals surface area contributed by atoms with E-state index in [-0.39, 0.29) is 17.0 Å². The molecule has 1 amide bonds. The molecule has 0 aromatic rings. The Balaban J connectivity index is 2.57. The fourth-order valence-corrected chi connectivity index (χ4v) is 2.77. The van der Waals surface area contributed by atoms with Crippen LogP contribution in [0.2, 0.25) is 0 Å². The van der Waals surface area contributed by atoms with Crippen LogP contribution in [0.5, 0.6) is 0 Å². The number of nitrogens with one attached hydrogen (secondary N) is 1. The summed E-state index contributed by atoms with van der Waals surface area (Å²) < 4.78 is 5.84. The molecule has 4 heteroatoms. The third-order valence-electron chi connectivity index (χ3n) is 5.04. The Bertz CT molecular complexity index is 472. The molecule has 0 aromatic carbocycles. The fraction of sp³-hybridized carbons (Fsp3) is 0.850. The molecule has 0 aliphatic carbocycles. The van der Waals surface area contributed by atoms with E-state index in [2.05, 4.69) is 58.7 Å². The van der Waals surface area contributed by atoms with Crippen molar-refractivity contribution in [1.82, 2.24) is 10.2 Å². The number of hydrogen-bond acceptors (Lipinski definition) is 3. The first-order valence-electron chi connectivity index (χ1n) is 9.27. The maximum absolute atomic E-state index is 12.6. The van der Waals surface area contributed by atoms with Crippen LogP contribution in [0.25, 0.3) is 0 Å². The number of piperidine rings is 1. The lowest BCUT2D eigenvalue weighted by Crippen LogP contribution is -2.59. The minimum Gasteiger partial charge on any atom is -0.374 e. The van der Waals surface area contributed by atoms with Gasteiger partial charge in [-0.3, -0.25) is 4.79 Å². The highest BCUT2D eigenvalue weighted by atomic mass is 16.5. The molecule has 1 saturated heterocycles. The van der Waals surface area contributed by atoms with Crippen LogP contribution in [0, 0.1) is 23.7 Å². The van der Waals surface area contributed by atoms with Crippen LogP contribution in [0.4, 0.5) is 0 Å². The summed E-state index contributed by atoms with van der Waals surface area (Å²) >= 11 is 0. The van der Waals surface area contributed by atoms with Gasteiger partial charge in [-0.05, 0) is 47.5 Å². The van der Waals surface area contributed by atoms with Crippen LogP contribution < -0.4 is 5.32 Å². The third-order valence-corrected chi connectivity index (χ3v) is 5.04. The molecule has 24 heavy (non-hydrogen) atoms. The molecule has 1 aliphatic heterocycles. The summed E-state index contributed by atoms with van der Waals surface area (Å²) in [6.45, 7) is 17.1. The largest absolute Gasteiger partial charge is 0.374 e. The summed E-state index contributed by atoms with van der Waals surface area (Å²) in [5.74, 6) is 7.44. The average Bonchev–Trinajstić information content (AvgIpc) is 2.50. The molecule has 1 fully saturated rings. The zero-order chi connectivity index (χ0) is 18.4. The van der Waals surface area contributed by atoms with Gasteiger partial charge in [0, 0.05) is 37.1 Å². The third kappa shape index (κ3) is 6.11. The molecule has 1 heterocycles. The van der Waals surface area contributed by atoms with Gasteiger partial charge in [-0.2, -0.15) is 0 Å². The van der Waals surface area contributed by atoms with E-state index in [9.17, 15) is 4.79 Å². The summed E-state index contributed by atoms with van der Waals surface area (Å²) in [6.07, 6.45) is 2.14. The predicted molar refractivity (Wildman–Crippen MR) is 99.7 cm³/mol. The Morgan fingerprint density at radius 1 is 1.33 bits per heavy atom. The van der Waals surface area contributed by atoms with Gasteiger partial charge < -0.3 is 15.0 Å². The van der Waals surface area contributed by atoms with Crippen molar-refractivity contribution in [3.05, 3.63) is 0 Å². The lowest BCUT2D eigenvalue weighted by molar-refractivity contribution is -0.133. The molecule has 0 spiro atoms. The molecule has 1 unspecified atom stereocenters. The molecule has 4 nitrogen and oxygen atoms in total. The van der Waals surface area contributed by atoms with E-state index in [4.69, 9.17) is 4.74 Å². The number of nitrogens with zero attached hydrogens (tertiary/aromatic N) is 1. The highest BCUT2D eigenvalue weighted by Gasteiger charge is 2.38. The Morgan fingerprint density at radius 2 is 2.00 bits per heavy atom. The monoisotopic (exact) mass is 336 g/mol. The lowest BCUT2D eigenvalue weighted by atomic mass is 9.85. The lowest BCUT2D eigenvalue weighted by Gasteiger charge is -2.42. The van der Waals surface area contributed by atoms with Gasteiger partial charge in [-0.25, -0.2) is 0 Å². The van der Waals surface area contributed by atoms with Crippen LogP contribution in [-0.4, -0.2) is 48.2 Å². The zero-order valence-electron chi connectivity index (χ0n) is 16.7. The number of amides is 1. The van der Waals surface area contributed by atoms with E-state index in [0.717, 1.165) is 25.9 Å². The van der Waals surface area contributed by atoms with Crippen LogP contribution in [0.3, 0.4) is 0 Å². The first kappa shape index (κ1) is 21.0. The van der Waals surface area contributed by atoms with Crippen LogP contribution in [-0.2, 0) is 9.53 Å². The van der Waals surface area contributed by atoms with Crippen molar-refractivity contribution in [2.45, 2.75) is 72.4 Å². The summed E-state index contributed by atoms with van der Waals surface area (Å²) in [7, 11) is 0. The van der Waals surface area contributed by atoms with Gasteiger partial charge in [0.05, 0.1) is 12.1 Å². The van der Waals surface area contributed by atoms with Crippen molar-refractivity contribution < 1.29 is 9.53 Å². The molecule has 1 rings (SSSR count). The molecule has 0 saturated carbocycles. The smallest absolute Gasteiger partial charge is 0.236 e. The van der Waals surface area contributed by atoms with Crippen molar-refractivity contribution in [2.75, 3.05) is 26.2 Å². The number of likely N-dealkylation sites (tertiary alicyclic amines) is 1. The highest BCUT2D eigenvalue weighted by Crippen LogP contribution is 2.25. The highest BCUT2D eigenvalue weighted by molar-refractivity contribution is 5.78. The Hall–Kier alpha value is -1.05. The van der Waals surface area contributed by atoms with E-state index in [0.29, 0.717) is 25.0 Å². The maximum Gasteiger partial charge on any atom is 0.236 e. The van der Waals surface area contributed by atoms with Crippen LogP contribution >= 0.6 is 0 Å². The SMILES string of the molecule is CCOC(C)(C)C(C)(C)NCC(=O)N1CCCC(C#CC(C)C)C1. The van der Waals surface area contributed by atoms with Crippen molar-refractivity contribution >= 4 is 5.91 Å². The van der Waals surface area contributed by atoms with E-state index in [1.165, 1.54) is 0 Å². The van der Waals surface area contributed by atoms with E-state index in [1.807, 2.05) is 11.8 Å². The normalized spacial score (nSPS) is 19.2. The molecular formula is C20H36N2O2. The molecule has 138 valence electrons. The van der Waals surface area contributed by atoms with Crippen molar-refractivity contribution in [3.8, 4) is 11.8 Å². The van der Waals surface area contributed by atoms with Gasteiger partial charge in [0.2, 0.25) is 5.91 Å². The van der Waals surface area contributed by atoms with Gasteiger partial charge >= 0.3 is 0 Å². The Labute approximate surface area is 148 Å². The second-order valence-electron chi connectivity index (χ2n) is 8.04. The number of carbonyl (C=O) groups is 1. The minimum absolute atomic E-state index is 0.159. The van der Waals surface area contributed by atoms with E-state index in [1.54, 1.807) is 0 Å². The van der Waals surface area contributed by atoms with Crippen molar-refractivity contribution in [1.29, 1.82) is 0 Å². The average molecular weight is 337 g/mol. The van der Waals surface area contributed by atoms with Gasteiger partial charge in [-0.15, -0.1) is 5.92 Å². The van der Waals surface area contributed by atoms with Crippen LogP contribution in [0.1, 0.15) is 61.3 Å². The van der Waals surface area contributed by atoms with E-state index >= 15 is 0 Å². The molecule has 1 N–H and O–H groups in total. The maximum atomic E-state index is 12.6. The Morgan fingerprint density at radius 3 is 2.58 bits per heavy atom. The van der Waals surface area contributed by atoms with Crippen molar-refractivity contribution in [3.63, 3.8) is 0 Å². The minimum atomic E-state index is -0.338.